The number of fused-ring (bicyclic) bond motifs is 1. The van der Waals surface area contributed by atoms with E-state index in [1.807, 2.05) is 0 Å². The lowest BCUT2D eigenvalue weighted by atomic mass is 10.1. The summed E-state index contributed by atoms with van der Waals surface area (Å²) in [5.41, 5.74) is 1.94. The first-order chi connectivity index (χ1) is 12.6. The number of aliphatic hydroxyl groups excluding tert-OH is 1. The van der Waals surface area contributed by atoms with Gasteiger partial charge in [-0.05, 0) is 30.3 Å². The van der Waals surface area contributed by atoms with E-state index in [1.165, 1.54) is 7.11 Å². The van der Waals surface area contributed by atoms with Gasteiger partial charge in [0.25, 0.3) is 5.91 Å². The van der Waals surface area contributed by atoms with Crippen LogP contribution in [-0.4, -0.2) is 52.1 Å². The summed E-state index contributed by atoms with van der Waals surface area (Å²) in [5, 5.41) is 24.9. The standard InChI is InChI=1S/C17H17N5O4/c1-26-12-4-2-3-11(8-12)18-17(25)15(9-23)19-16(24)10-5-6-13-14(7-10)21-22-20-13/h2-8,15,23H,9H2,1H3,(H,18,25)(H,19,24)(H,20,21,22). The van der Waals surface area contributed by atoms with Crippen molar-refractivity contribution in [3.8, 4) is 5.75 Å². The number of hydrogen-bond donors (Lipinski definition) is 4. The molecule has 0 aliphatic carbocycles. The number of methoxy groups -OCH3 is 1. The summed E-state index contributed by atoms with van der Waals surface area (Å²) in [6.07, 6.45) is 0. The average Bonchev–Trinajstić information content (AvgIpc) is 3.13. The van der Waals surface area contributed by atoms with Crippen molar-refractivity contribution in [2.75, 3.05) is 19.0 Å². The van der Waals surface area contributed by atoms with Crippen LogP contribution in [0.2, 0.25) is 0 Å². The molecule has 0 aliphatic rings. The minimum Gasteiger partial charge on any atom is -0.497 e. The molecule has 4 N–H and O–H groups in total. The van der Waals surface area contributed by atoms with Crippen LogP contribution in [0.1, 0.15) is 10.4 Å². The highest BCUT2D eigenvalue weighted by Crippen LogP contribution is 2.17. The number of ether oxygens (including phenoxy) is 1. The molecule has 1 unspecified atom stereocenters. The number of aromatic amines is 1. The maximum absolute atomic E-state index is 12.4. The van der Waals surface area contributed by atoms with Crippen LogP contribution in [-0.2, 0) is 4.79 Å². The Morgan fingerprint density at radius 3 is 2.77 bits per heavy atom. The zero-order valence-corrected chi connectivity index (χ0v) is 13.9. The van der Waals surface area contributed by atoms with E-state index >= 15 is 0 Å². The molecule has 0 radical (unpaired) electrons. The fraction of sp³-hybridized carbons (Fsp3) is 0.176. The summed E-state index contributed by atoms with van der Waals surface area (Å²) in [5.74, 6) is -0.473. The van der Waals surface area contributed by atoms with Crippen LogP contribution in [0.25, 0.3) is 11.0 Å². The molecular formula is C17H17N5O4. The Morgan fingerprint density at radius 2 is 2.00 bits per heavy atom. The summed E-state index contributed by atoms with van der Waals surface area (Å²) < 4.78 is 5.09. The van der Waals surface area contributed by atoms with Gasteiger partial charge in [0.15, 0.2) is 0 Å². The van der Waals surface area contributed by atoms with E-state index in [2.05, 4.69) is 26.0 Å². The van der Waals surface area contributed by atoms with Crippen molar-refractivity contribution in [1.29, 1.82) is 0 Å². The topological polar surface area (TPSA) is 129 Å². The van der Waals surface area contributed by atoms with Gasteiger partial charge in [0.1, 0.15) is 22.8 Å². The number of nitrogens with zero attached hydrogens (tertiary/aromatic N) is 2. The van der Waals surface area contributed by atoms with Gasteiger partial charge >= 0.3 is 0 Å². The van der Waals surface area contributed by atoms with Crippen molar-refractivity contribution in [3.63, 3.8) is 0 Å². The predicted molar refractivity (Wildman–Crippen MR) is 93.9 cm³/mol. The zero-order valence-electron chi connectivity index (χ0n) is 13.9. The second-order valence-electron chi connectivity index (χ2n) is 5.46. The number of H-pyrrole nitrogens is 1. The highest BCUT2D eigenvalue weighted by atomic mass is 16.5. The molecule has 1 atom stereocenters. The minimum absolute atomic E-state index is 0.305. The number of amides is 2. The molecule has 3 aromatic rings. The number of anilines is 1. The predicted octanol–water partition coefficient (Wildman–Crippen LogP) is 0.696. The second kappa shape index (κ2) is 7.62. The highest BCUT2D eigenvalue weighted by molar-refractivity contribution is 6.02. The van der Waals surface area contributed by atoms with Crippen molar-refractivity contribution in [2.45, 2.75) is 6.04 Å². The SMILES string of the molecule is COc1cccc(NC(=O)C(CO)NC(=O)c2ccc3n[nH]nc3c2)c1. The van der Waals surface area contributed by atoms with E-state index in [0.717, 1.165) is 0 Å². The number of benzene rings is 2. The Hall–Kier alpha value is -3.46. The summed E-state index contributed by atoms with van der Waals surface area (Å²) in [6, 6.07) is 10.4. The number of carbonyl (C=O) groups is 2. The van der Waals surface area contributed by atoms with E-state index in [-0.39, 0.29) is 0 Å². The molecular weight excluding hydrogens is 338 g/mol. The number of aromatic nitrogens is 3. The molecule has 0 spiro atoms. The third-order valence-electron chi connectivity index (χ3n) is 3.72. The Balaban J connectivity index is 1.69. The summed E-state index contributed by atoms with van der Waals surface area (Å²) >= 11 is 0. The second-order valence-corrected chi connectivity index (χ2v) is 5.46. The lowest BCUT2D eigenvalue weighted by Crippen LogP contribution is -2.46. The Kier molecular flexibility index (Phi) is 5.09. The van der Waals surface area contributed by atoms with Crippen LogP contribution in [0.15, 0.2) is 42.5 Å². The normalized spacial score (nSPS) is 11.8. The molecule has 26 heavy (non-hydrogen) atoms. The van der Waals surface area contributed by atoms with Crippen LogP contribution < -0.4 is 15.4 Å². The number of rotatable bonds is 6. The summed E-state index contributed by atoms with van der Waals surface area (Å²) in [6.45, 7) is -0.548. The van der Waals surface area contributed by atoms with Gasteiger partial charge in [0, 0.05) is 17.3 Å². The van der Waals surface area contributed by atoms with E-state index in [0.29, 0.717) is 28.0 Å². The lowest BCUT2D eigenvalue weighted by Gasteiger charge is -2.16. The van der Waals surface area contributed by atoms with Crippen LogP contribution in [0, 0.1) is 0 Å². The third-order valence-corrected chi connectivity index (χ3v) is 3.72. The average molecular weight is 355 g/mol. The lowest BCUT2D eigenvalue weighted by molar-refractivity contribution is -0.118. The monoisotopic (exact) mass is 355 g/mol. The molecule has 2 amide bonds. The van der Waals surface area contributed by atoms with Crippen LogP contribution in [0.4, 0.5) is 5.69 Å². The molecule has 0 bridgehead atoms. The van der Waals surface area contributed by atoms with Crippen LogP contribution in [0.3, 0.4) is 0 Å². The molecule has 0 saturated carbocycles. The van der Waals surface area contributed by atoms with E-state index in [9.17, 15) is 14.7 Å². The Labute approximate surface area is 148 Å². The molecule has 0 saturated heterocycles. The molecule has 2 aromatic carbocycles. The number of aliphatic hydroxyl groups is 1. The fourth-order valence-corrected chi connectivity index (χ4v) is 2.35. The van der Waals surface area contributed by atoms with Crippen molar-refractivity contribution in [2.24, 2.45) is 0 Å². The fourth-order valence-electron chi connectivity index (χ4n) is 2.35. The first kappa shape index (κ1) is 17.4. The van der Waals surface area contributed by atoms with Crippen LogP contribution in [0.5, 0.6) is 5.75 Å². The summed E-state index contributed by atoms with van der Waals surface area (Å²) in [4.78, 5) is 24.7. The van der Waals surface area contributed by atoms with Crippen molar-refractivity contribution in [1.82, 2.24) is 20.7 Å². The van der Waals surface area contributed by atoms with Gasteiger partial charge < -0.3 is 20.5 Å². The number of hydrogen-bond acceptors (Lipinski definition) is 6. The maximum Gasteiger partial charge on any atom is 0.252 e. The van der Waals surface area contributed by atoms with Crippen molar-refractivity contribution < 1.29 is 19.4 Å². The van der Waals surface area contributed by atoms with Gasteiger partial charge in [0.05, 0.1) is 13.7 Å². The van der Waals surface area contributed by atoms with E-state index in [4.69, 9.17) is 4.74 Å². The molecule has 0 aliphatic heterocycles. The molecule has 0 fully saturated rings. The molecule has 9 nitrogen and oxygen atoms in total. The number of nitrogens with one attached hydrogen (secondary N) is 3. The van der Waals surface area contributed by atoms with Gasteiger partial charge in [-0.3, -0.25) is 9.59 Å². The molecule has 134 valence electrons. The van der Waals surface area contributed by atoms with Gasteiger partial charge in [-0.1, -0.05) is 6.07 Å². The molecule has 1 aromatic heterocycles. The molecule has 9 heteroatoms. The molecule has 1 heterocycles. The summed E-state index contributed by atoms with van der Waals surface area (Å²) in [7, 11) is 1.52. The number of carbonyl (C=O) groups excluding carboxylic acids is 2. The van der Waals surface area contributed by atoms with Gasteiger partial charge in [-0.15, -0.1) is 0 Å². The quantitative estimate of drug-likeness (QED) is 0.515. The minimum atomic E-state index is -1.11. The Bertz CT molecular complexity index is 940. The third kappa shape index (κ3) is 3.78. The van der Waals surface area contributed by atoms with Gasteiger partial charge in [0.2, 0.25) is 5.91 Å². The Morgan fingerprint density at radius 1 is 1.19 bits per heavy atom. The van der Waals surface area contributed by atoms with Crippen molar-refractivity contribution >= 4 is 28.5 Å². The molecule has 3 rings (SSSR count). The van der Waals surface area contributed by atoms with Crippen LogP contribution >= 0.6 is 0 Å². The van der Waals surface area contributed by atoms with Gasteiger partial charge in [-0.25, -0.2) is 0 Å². The van der Waals surface area contributed by atoms with E-state index in [1.54, 1.807) is 42.5 Å². The van der Waals surface area contributed by atoms with Gasteiger partial charge in [-0.2, -0.15) is 15.4 Å². The smallest absolute Gasteiger partial charge is 0.252 e. The first-order valence-corrected chi connectivity index (χ1v) is 7.78. The van der Waals surface area contributed by atoms with Crippen molar-refractivity contribution in [3.05, 3.63) is 48.0 Å². The first-order valence-electron chi connectivity index (χ1n) is 7.78. The van der Waals surface area contributed by atoms with E-state index < -0.39 is 24.5 Å². The largest absolute Gasteiger partial charge is 0.497 e. The zero-order chi connectivity index (χ0) is 18.5. The maximum atomic E-state index is 12.4. The highest BCUT2D eigenvalue weighted by Gasteiger charge is 2.21.